The van der Waals surface area contributed by atoms with Crippen molar-refractivity contribution in [2.45, 2.75) is 38.5 Å². The molecule has 0 fully saturated rings. The summed E-state index contributed by atoms with van der Waals surface area (Å²) >= 11 is 14.4. The predicted molar refractivity (Wildman–Crippen MR) is 146 cm³/mol. The monoisotopic (exact) mass is 553 g/mol. The summed E-state index contributed by atoms with van der Waals surface area (Å²) in [5.74, 6) is -3.09. The van der Waals surface area contributed by atoms with Crippen molar-refractivity contribution in [2.24, 2.45) is 5.92 Å². The number of ketones is 1. The Bertz CT molecular complexity index is 1420. The molecule has 0 bridgehead atoms. The third kappa shape index (κ3) is 4.52. The lowest BCUT2D eigenvalue weighted by Gasteiger charge is -2.42. The Morgan fingerprint density at radius 3 is 2.54 bits per heavy atom. The van der Waals surface area contributed by atoms with E-state index in [2.05, 4.69) is 0 Å². The number of aryl methyl sites for hydroxylation is 1. The third-order valence-corrected chi connectivity index (χ3v) is 8.92. The molecule has 1 aliphatic carbocycles. The Labute approximate surface area is 229 Å². The quantitative estimate of drug-likeness (QED) is 0.250. The standard InChI is InChI=1S/C29H25Cl2NO4S/c1-3-36-29(35)26-19(23-12-7-13-37-23)14-22-25(28(26)34)18(17-9-6-10-20(30)27(17)31)15-24(33)32(22)21-11-5-4-8-16(21)2/h4-13,18-19,26H,3,14-15H2,1-2H3/t18-,19-,26+/m0/s1. The normalized spacial score (nSPS) is 21.7. The van der Waals surface area contributed by atoms with E-state index in [0.29, 0.717) is 33.3 Å². The van der Waals surface area contributed by atoms with E-state index in [1.165, 1.54) is 11.3 Å². The molecule has 5 rings (SSSR count). The van der Waals surface area contributed by atoms with Crippen LogP contribution in [0.4, 0.5) is 5.69 Å². The highest BCUT2D eigenvalue weighted by Gasteiger charge is 2.50. The maximum absolute atomic E-state index is 14.4. The van der Waals surface area contributed by atoms with E-state index >= 15 is 0 Å². The second-order valence-corrected chi connectivity index (χ2v) is 11.0. The first kappa shape index (κ1) is 25.7. The molecule has 5 nitrogen and oxygen atoms in total. The van der Waals surface area contributed by atoms with Gasteiger partial charge < -0.3 is 4.74 Å². The van der Waals surface area contributed by atoms with Crippen LogP contribution in [0.3, 0.4) is 0 Å². The summed E-state index contributed by atoms with van der Waals surface area (Å²) < 4.78 is 5.39. The molecule has 1 aromatic heterocycles. The van der Waals surface area contributed by atoms with Crippen LogP contribution in [-0.2, 0) is 19.1 Å². The number of ether oxygens (including phenoxy) is 1. The molecule has 8 heteroatoms. The first-order valence-electron chi connectivity index (χ1n) is 12.1. The molecule has 0 saturated heterocycles. The Balaban J connectivity index is 1.76. The highest BCUT2D eigenvalue weighted by molar-refractivity contribution is 7.10. The van der Waals surface area contributed by atoms with Gasteiger partial charge in [-0.1, -0.05) is 59.6 Å². The van der Waals surface area contributed by atoms with Crippen molar-refractivity contribution in [1.29, 1.82) is 0 Å². The number of carbonyl (C=O) groups excluding carboxylic acids is 3. The average Bonchev–Trinajstić information content (AvgIpc) is 3.41. The predicted octanol–water partition coefficient (Wildman–Crippen LogP) is 7.07. The number of hydrogen-bond donors (Lipinski definition) is 0. The largest absolute Gasteiger partial charge is 0.465 e. The first-order valence-corrected chi connectivity index (χ1v) is 13.8. The number of allylic oxidation sites excluding steroid dienone is 2. The number of benzene rings is 2. The minimum atomic E-state index is -1.01. The molecule has 0 saturated carbocycles. The number of Topliss-reactive ketones (excluding diaryl/α,β-unsaturated/α-hetero) is 1. The summed E-state index contributed by atoms with van der Waals surface area (Å²) in [6.45, 7) is 3.83. The van der Waals surface area contributed by atoms with Gasteiger partial charge in [0.05, 0.1) is 22.3 Å². The van der Waals surface area contributed by atoms with Gasteiger partial charge in [-0.05, 0) is 55.0 Å². The van der Waals surface area contributed by atoms with Crippen LogP contribution < -0.4 is 4.90 Å². The molecule has 1 amide bonds. The Kier molecular flexibility index (Phi) is 7.26. The number of amides is 1. The molecule has 0 spiro atoms. The summed E-state index contributed by atoms with van der Waals surface area (Å²) in [6.07, 6.45) is 0.359. The van der Waals surface area contributed by atoms with Crippen molar-refractivity contribution in [1.82, 2.24) is 0 Å². The van der Waals surface area contributed by atoms with Crippen molar-refractivity contribution < 1.29 is 19.1 Å². The molecular weight excluding hydrogens is 529 g/mol. The lowest BCUT2D eigenvalue weighted by molar-refractivity contribution is -0.152. The summed E-state index contributed by atoms with van der Waals surface area (Å²) in [5, 5.41) is 2.57. The van der Waals surface area contributed by atoms with Crippen LogP contribution in [0.2, 0.25) is 10.0 Å². The summed E-state index contributed by atoms with van der Waals surface area (Å²) in [6, 6.07) is 16.6. The summed E-state index contributed by atoms with van der Waals surface area (Å²) in [5.41, 5.74) is 3.27. The van der Waals surface area contributed by atoms with E-state index < -0.39 is 23.7 Å². The molecule has 0 N–H and O–H groups in total. The van der Waals surface area contributed by atoms with Crippen molar-refractivity contribution in [3.05, 3.63) is 97.3 Å². The van der Waals surface area contributed by atoms with E-state index in [4.69, 9.17) is 27.9 Å². The minimum absolute atomic E-state index is 0.0260. The van der Waals surface area contributed by atoms with E-state index in [0.717, 1.165) is 16.1 Å². The highest BCUT2D eigenvalue weighted by atomic mass is 35.5. The molecule has 3 aromatic rings. The van der Waals surface area contributed by atoms with E-state index in [9.17, 15) is 14.4 Å². The number of thiophene rings is 1. The van der Waals surface area contributed by atoms with Gasteiger partial charge in [-0.2, -0.15) is 0 Å². The number of rotatable bonds is 5. The van der Waals surface area contributed by atoms with Gasteiger partial charge in [-0.15, -0.1) is 11.3 Å². The number of hydrogen-bond acceptors (Lipinski definition) is 5. The number of nitrogens with zero attached hydrogens (tertiary/aromatic N) is 1. The number of carbonyl (C=O) groups is 3. The Morgan fingerprint density at radius 2 is 1.84 bits per heavy atom. The zero-order valence-corrected chi connectivity index (χ0v) is 22.7. The van der Waals surface area contributed by atoms with Crippen molar-refractivity contribution in [3.8, 4) is 0 Å². The molecule has 3 atom stereocenters. The van der Waals surface area contributed by atoms with Crippen LogP contribution in [0.1, 0.15) is 47.6 Å². The van der Waals surface area contributed by atoms with E-state index in [1.54, 1.807) is 30.0 Å². The van der Waals surface area contributed by atoms with Crippen molar-refractivity contribution in [2.75, 3.05) is 11.5 Å². The van der Waals surface area contributed by atoms with Crippen LogP contribution >= 0.6 is 34.5 Å². The van der Waals surface area contributed by atoms with Gasteiger partial charge in [0, 0.05) is 34.4 Å². The lowest BCUT2D eigenvalue weighted by atomic mass is 9.69. The molecular formula is C29H25Cl2NO4S. The molecule has 1 aliphatic heterocycles. The fourth-order valence-electron chi connectivity index (χ4n) is 5.45. The van der Waals surface area contributed by atoms with Crippen LogP contribution in [0.15, 0.2) is 71.2 Å². The topological polar surface area (TPSA) is 63.7 Å². The maximum atomic E-state index is 14.4. The van der Waals surface area contributed by atoms with Crippen LogP contribution in [0.25, 0.3) is 0 Å². The summed E-state index contributed by atoms with van der Waals surface area (Å²) in [4.78, 5) is 44.0. The van der Waals surface area contributed by atoms with E-state index in [1.807, 2.05) is 48.7 Å². The second kappa shape index (κ2) is 10.4. The zero-order valence-electron chi connectivity index (χ0n) is 20.4. The van der Waals surface area contributed by atoms with Crippen LogP contribution in [0.5, 0.6) is 0 Å². The molecule has 37 heavy (non-hydrogen) atoms. The molecule has 0 radical (unpaired) electrons. The van der Waals surface area contributed by atoms with Crippen LogP contribution in [-0.4, -0.2) is 24.3 Å². The van der Waals surface area contributed by atoms with Crippen molar-refractivity contribution >= 4 is 57.9 Å². The third-order valence-electron chi connectivity index (χ3n) is 7.08. The van der Waals surface area contributed by atoms with Gasteiger partial charge in [-0.3, -0.25) is 19.3 Å². The molecule has 2 heterocycles. The second-order valence-electron chi connectivity index (χ2n) is 9.20. The summed E-state index contributed by atoms with van der Waals surface area (Å²) in [7, 11) is 0. The fraction of sp³-hybridized carbons (Fsp3) is 0.276. The number of halogens is 2. The number of esters is 1. The van der Waals surface area contributed by atoms with Gasteiger partial charge in [0.2, 0.25) is 5.91 Å². The number of anilines is 1. The number of para-hydroxylation sites is 1. The highest BCUT2D eigenvalue weighted by Crippen LogP contribution is 2.51. The molecule has 2 aliphatic rings. The van der Waals surface area contributed by atoms with Crippen LogP contribution in [0, 0.1) is 12.8 Å². The molecule has 0 unspecified atom stereocenters. The van der Waals surface area contributed by atoms with Gasteiger partial charge in [0.25, 0.3) is 0 Å². The minimum Gasteiger partial charge on any atom is -0.465 e. The first-order chi connectivity index (χ1) is 17.8. The van der Waals surface area contributed by atoms with E-state index in [-0.39, 0.29) is 24.7 Å². The lowest BCUT2D eigenvalue weighted by Crippen LogP contribution is -2.46. The Morgan fingerprint density at radius 1 is 1.05 bits per heavy atom. The smallest absolute Gasteiger partial charge is 0.317 e. The van der Waals surface area contributed by atoms with Gasteiger partial charge in [-0.25, -0.2) is 0 Å². The maximum Gasteiger partial charge on any atom is 0.317 e. The SMILES string of the molecule is CCOC(=O)[C@H]1C(=O)C2=C(C[C@H]1c1cccs1)N(c1ccccc1C)C(=O)C[C@H]2c1cccc(Cl)c1Cl. The zero-order chi connectivity index (χ0) is 26.3. The molecule has 2 aromatic carbocycles. The van der Waals surface area contributed by atoms with Gasteiger partial charge >= 0.3 is 5.97 Å². The average molecular weight is 554 g/mol. The fourth-order valence-corrected chi connectivity index (χ4v) is 6.76. The van der Waals surface area contributed by atoms with Gasteiger partial charge in [0.15, 0.2) is 5.78 Å². The van der Waals surface area contributed by atoms with Crippen molar-refractivity contribution in [3.63, 3.8) is 0 Å². The Hall–Kier alpha value is -2.93. The van der Waals surface area contributed by atoms with Gasteiger partial charge in [0.1, 0.15) is 5.92 Å². The molecule has 190 valence electrons.